The van der Waals surface area contributed by atoms with Crippen molar-refractivity contribution in [3.8, 4) is 0 Å². The highest BCUT2D eigenvalue weighted by Gasteiger charge is 2.17. The van der Waals surface area contributed by atoms with E-state index in [-0.39, 0.29) is 17.5 Å². The highest BCUT2D eigenvalue weighted by molar-refractivity contribution is 7.84. The molecule has 0 aromatic carbocycles. The Morgan fingerprint density at radius 2 is 2.26 bits per heavy atom. The lowest BCUT2D eigenvalue weighted by atomic mass is 10.2. The van der Waals surface area contributed by atoms with Crippen molar-refractivity contribution in [1.82, 2.24) is 4.98 Å². The molecule has 0 spiro atoms. The fraction of sp³-hybridized carbons (Fsp3) is 0.500. The van der Waals surface area contributed by atoms with Gasteiger partial charge in [0.1, 0.15) is 5.82 Å². The van der Waals surface area contributed by atoms with Crippen LogP contribution in [-0.2, 0) is 10.8 Å². The van der Waals surface area contributed by atoms with Crippen LogP contribution >= 0.6 is 0 Å². The third kappa shape index (κ3) is 4.79. The van der Waals surface area contributed by atoms with Crippen LogP contribution in [0.2, 0.25) is 0 Å². The molecule has 0 fully saturated rings. The molecule has 1 rings (SSSR count). The van der Waals surface area contributed by atoms with E-state index in [4.69, 9.17) is 5.84 Å². The maximum Gasteiger partial charge on any atom is 0.311 e. The predicted molar refractivity (Wildman–Crippen MR) is 75.3 cm³/mol. The van der Waals surface area contributed by atoms with E-state index >= 15 is 0 Å². The van der Waals surface area contributed by atoms with Gasteiger partial charge < -0.3 is 10.7 Å². The number of hydrazine groups is 1. The first kappa shape index (κ1) is 15.3. The molecule has 0 saturated carbocycles. The maximum absolute atomic E-state index is 11.0. The minimum Gasteiger partial charge on any atom is -0.362 e. The van der Waals surface area contributed by atoms with Crippen molar-refractivity contribution >= 4 is 28.1 Å². The second-order valence-corrected chi connectivity index (χ2v) is 5.63. The van der Waals surface area contributed by atoms with E-state index in [1.165, 1.54) is 12.1 Å². The molecule has 1 heterocycles. The van der Waals surface area contributed by atoms with Crippen molar-refractivity contribution in [3.05, 3.63) is 22.2 Å². The molecular formula is C10H17N5O3S. The van der Waals surface area contributed by atoms with E-state index in [9.17, 15) is 14.3 Å². The molecule has 0 radical (unpaired) electrons. The van der Waals surface area contributed by atoms with Crippen molar-refractivity contribution in [2.24, 2.45) is 5.84 Å². The van der Waals surface area contributed by atoms with Crippen LogP contribution in [0, 0.1) is 10.1 Å². The van der Waals surface area contributed by atoms with E-state index in [0.717, 1.165) is 0 Å². The van der Waals surface area contributed by atoms with Gasteiger partial charge in [-0.25, -0.2) is 10.8 Å². The van der Waals surface area contributed by atoms with Crippen LogP contribution in [-0.4, -0.2) is 32.2 Å². The summed E-state index contributed by atoms with van der Waals surface area (Å²) in [7, 11) is -0.891. The van der Waals surface area contributed by atoms with Crippen LogP contribution in [0.5, 0.6) is 0 Å². The number of hydrogen-bond donors (Lipinski definition) is 3. The zero-order valence-corrected chi connectivity index (χ0v) is 11.6. The van der Waals surface area contributed by atoms with E-state index in [1.54, 1.807) is 6.26 Å². The zero-order valence-electron chi connectivity index (χ0n) is 10.8. The number of nitrogens with two attached hydrogens (primary N) is 1. The summed E-state index contributed by atoms with van der Waals surface area (Å²) in [5.74, 6) is 6.23. The molecule has 0 saturated heterocycles. The monoisotopic (exact) mass is 287 g/mol. The summed E-state index contributed by atoms with van der Waals surface area (Å²) in [6.07, 6.45) is 2.24. The fourth-order valence-electron chi connectivity index (χ4n) is 1.43. The molecule has 19 heavy (non-hydrogen) atoms. The van der Waals surface area contributed by atoms with Crippen LogP contribution in [0.1, 0.15) is 13.3 Å². The summed E-state index contributed by atoms with van der Waals surface area (Å²) in [6.45, 7) is 1.85. The smallest absolute Gasteiger partial charge is 0.311 e. The lowest BCUT2D eigenvalue weighted by Crippen LogP contribution is -2.20. The van der Waals surface area contributed by atoms with Gasteiger partial charge in [0.05, 0.1) is 4.92 Å². The Morgan fingerprint density at radius 1 is 1.58 bits per heavy atom. The van der Waals surface area contributed by atoms with Crippen molar-refractivity contribution in [3.63, 3.8) is 0 Å². The number of nitrogens with one attached hydrogen (secondary N) is 2. The first-order valence-electron chi connectivity index (χ1n) is 5.62. The van der Waals surface area contributed by atoms with Crippen molar-refractivity contribution in [1.29, 1.82) is 0 Å². The lowest BCUT2D eigenvalue weighted by molar-refractivity contribution is -0.384. The highest BCUT2D eigenvalue weighted by atomic mass is 32.2. The van der Waals surface area contributed by atoms with Gasteiger partial charge in [-0.2, -0.15) is 0 Å². The first-order valence-corrected chi connectivity index (χ1v) is 7.35. The van der Waals surface area contributed by atoms with E-state index in [1.807, 2.05) is 6.92 Å². The zero-order chi connectivity index (χ0) is 14.4. The predicted octanol–water partition coefficient (Wildman–Crippen LogP) is 0.844. The third-order valence-electron chi connectivity index (χ3n) is 2.44. The Kier molecular flexibility index (Phi) is 5.64. The van der Waals surface area contributed by atoms with Gasteiger partial charge in [0, 0.05) is 34.9 Å². The van der Waals surface area contributed by atoms with Crippen LogP contribution in [0.3, 0.4) is 0 Å². The van der Waals surface area contributed by atoms with Crippen molar-refractivity contribution in [2.75, 3.05) is 22.8 Å². The minimum absolute atomic E-state index is 0.0804. The topological polar surface area (TPSA) is 123 Å². The molecule has 8 nitrogen and oxygen atoms in total. The van der Waals surface area contributed by atoms with Gasteiger partial charge in [-0.1, -0.05) is 0 Å². The molecule has 2 unspecified atom stereocenters. The standard InChI is InChI=1S/C10H17N5O3S/c1-7(5-6-19(2)18)12-10-8(15(16)17)3-4-9(13-10)14-11/h3-4,7H,5-6,11H2,1-2H3,(H2,12,13,14). The summed E-state index contributed by atoms with van der Waals surface area (Å²) < 4.78 is 11.0. The first-order chi connectivity index (χ1) is 8.93. The fourth-order valence-corrected chi connectivity index (χ4v) is 2.12. The molecule has 0 amide bonds. The molecule has 0 aliphatic rings. The second-order valence-electron chi connectivity index (χ2n) is 4.08. The summed E-state index contributed by atoms with van der Waals surface area (Å²) in [6, 6.07) is 2.67. The Bertz CT molecular complexity index is 482. The number of anilines is 2. The number of hydrogen-bond acceptors (Lipinski definition) is 7. The Morgan fingerprint density at radius 3 is 2.79 bits per heavy atom. The van der Waals surface area contributed by atoms with Crippen molar-refractivity contribution < 1.29 is 9.13 Å². The van der Waals surface area contributed by atoms with Gasteiger partial charge in [0.2, 0.25) is 5.82 Å². The van der Waals surface area contributed by atoms with Crippen LogP contribution in [0.4, 0.5) is 17.3 Å². The summed E-state index contributed by atoms with van der Waals surface area (Å²) in [5.41, 5.74) is 2.21. The van der Waals surface area contributed by atoms with Gasteiger partial charge in [0.15, 0.2) is 0 Å². The molecule has 2 atom stereocenters. The number of pyridine rings is 1. The number of nitrogen functional groups attached to an aromatic ring is 1. The highest BCUT2D eigenvalue weighted by Crippen LogP contribution is 2.24. The Balaban J connectivity index is 2.84. The van der Waals surface area contributed by atoms with Crippen LogP contribution < -0.4 is 16.6 Å². The van der Waals surface area contributed by atoms with Gasteiger partial charge in [-0.3, -0.25) is 14.3 Å². The average molecular weight is 287 g/mol. The lowest BCUT2D eigenvalue weighted by Gasteiger charge is -2.14. The maximum atomic E-state index is 11.0. The molecule has 1 aromatic heterocycles. The molecule has 4 N–H and O–H groups in total. The molecule has 9 heteroatoms. The molecular weight excluding hydrogens is 270 g/mol. The van der Waals surface area contributed by atoms with Gasteiger partial charge >= 0.3 is 5.69 Å². The minimum atomic E-state index is -0.891. The number of nitro groups is 1. The summed E-state index contributed by atoms with van der Waals surface area (Å²) in [5, 5.41) is 13.8. The average Bonchev–Trinajstić information content (AvgIpc) is 2.35. The normalized spacial score (nSPS) is 13.6. The van der Waals surface area contributed by atoms with E-state index in [2.05, 4.69) is 15.7 Å². The Hall–Kier alpha value is -1.74. The number of aromatic nitrogens is 1. The van der Waals surface area contributed by atoms with Gasteiger partial charge in [-0.05, 0) is 19.4 Å². The summed E-state index contributed by atoms with van der Waals surface area (Å²) in [4.78, 5) is 14.4. The largest absolute Gasteiger partial charge is 0.362 e. The third-order valence-corrected chi connectivity index (χ3v) is 3.25. The summed E-state index contributed by atoms with van der Waals surface area (Å²) >= 11 is 0. The Labute approximate surface area is 113 Å². The van der Waals surface area contributed by atoms with Gasteiger partial charge in [0.25, 0.3) is 0 Å². The quantitative estimate of drug-likeness (QED) is 0.386. The number of nitrogens with zero attached hydrogens (tertiary/aromatic N) is 2. The molecule has 106 valence electrons. The molecule has 0 bridgehead atoms. The molecule has 0 aliphatic carbocycles. The van der Waals surface area contributed by atoms with Gasteiger partial charge in [-0.15, -0.1) is 0 Å². The molecule has 1 aromatic rings. The molecule has 0 aliphatic heterocycles. The van der Waals surface area contributed by atoms with Crippen LogP contribution in [0.25, 0.3) is 0 Å². The van der Waals surface area contributed by atoms with Crippen molar-refractivity contribution in [2.45, 2.75) is 19.4 Å². The second kappa shape index (κ2) is 7.00. The van der Waals surface area contributed by atoms with Crippen LogP contribution in [0.15, 0.2) is 12.1 Å². The van der Waals surface area contributed by atoms with E-state index < -0.39 is 15.7 Å². The van der Waals surface area contributed by atoms with E-state index in [0.29, 0.717) is 18.0 Å². The number of rotatable bonds is 7. The SMILES string of the molecule is CC(CCS(C)=O)Nc1nc(NN)ccc1[N+](=O)[O-].